The summed E-state index contributed by atoms with van der Waals surface area (Å²) in [6.07, 6.45) is 2.70. The molecular weight excluding hydrogens is 226 g/mol. The number of carbonyl (C=O) groups is 1. The Morgan fingerprint density at radius 3 is 1.94 bits per heavy atom. The zero-order chi connectivity index (χ0) is 14.2. The highest BCUT2D eigenvalue weighted by Crippen LogP contribution is 2.26. The van der Waals surface area contributed by atoms with Gasteiger partial charge in [-0.05, 0) is 44.6 Å². The molecule has 0 aliphatic rings. The van der Waals surface area contributed by atoms with Gasteiger partial charge in [-0.15, -0.1) is 0 Å². The van der Waals surface area contributed by atoms with E-state index in [1.807, 2.05) is 6.92 Å². The van der Waals surface area contributed by atoms with Crippen molar-refractivity contribution in [2.24, 2.45) is 11.8 Å². The van der Waals surface area contributed by atoms with Gasteiger partial charge in [0.2, 0.25) is 0 Å². The predicted molar refractivity (Wildman–Crippen MR) is 76.6 cm³/mol. The van der Waals surface area contributed by atoms with E-state index in [1.165, 1.54) is 0 Å². The molecule has 0 saturated heterocycles. The van der Waals surface area contributed by atoms with Crippen molar-refractivity contribution in [1.29, 1.82) is 0 Å². The van der Waals surface area contributed by atoms with E-state index in [4.69, 9.17) is 4.74 Å². The second-order valence-corrected chi connectivity index (χ2v) is 5.93. The van der Waals surface area contributed by atoms with Gasteiger partial charge in [-0.1, -0.05) is 34.6 Å². The fourth-order valence-electron chi connectivity index (χ4n) is 2.49. The Kier molecular flexibility index (Phi) is 8.25. The van der Waals surface area contributed by atoms with E-state index in [2.05, 4.69) is 39.9 Å². The lowest BCUT2D eigenvalue weighted by Crippen LogP contribution is -2.55. The lowest BCUT2D eigenvalue weighted by molar-refractivity contribution is -0.153. The highest BCUT2D eigenvalue weighted by Gasteiger charge is 2.40. The van der Waals surface area contributed by atoms with Crippen LogP contribution in [0.25, 0.3) is 0 Å². The third-order valence-corrected chi connectivity index (χ3v) is 2.89. The maximum atomic E-state index is 12.4. The topological polar surface area (TPSA) is 38.3 Å². The molecule has 1 N–H and O–H groups in total. The quantitative estimate of drug-likeness (QED) is 0.644. The molecule has 0 saturated carbocycles. The van der Waals surface area contributed by atoms with E-state index in [0.29, 0.717) is 18.4 Å². The number of carbonyl (C=O) groups excluding carboxylic acids is 1. The van der Waals surface area contributed by atoms with Crippen LogP contribution in [0.3, 0.4) is 0 Å². The molecule has 0 aliphatic carbocycles. The molecule has 0 heterocycles. The minimum absolute atomic E-state index is 0.0825. The van der Waals surface area contributed by atoms with E-state index in [9.17, 15) is 4.79 Å². The van der Waals surface area contributed by atoms with Crippen LogP contribution in [0.15, 0.2) is 0 Å². The zero-order valence-corrected chi connectivity index (χ0v) is 13.0. The maximum absolute atomic E-state index is 12.4. The molecule has 0 aromatic carbocycles. The Morgan fingerprint density at radius 1 is 1.11 bits per heavy atom. The summed E-state index contributed by atoms with van der Waals surface area (Å²) < 4.78 is 5.30. The van der Waals surface area contributed by atoms with E-state index >= 15 is 0 Å². The van der Waals surface area contributed by atoms with Crippen LogP contribution in [0.5, 0.6) is 0 Å². The minimum atomic E-state index is -0.506. The lowest BCUT2D eigenvalue weighted by Gasteiger charge is -2.35. The van der Waals surface area contributed by atoms with Gasteiger partial charge in [0, 0.05) is 0 Å². The van der Waals surface area contributed by atoms with Gasteiger partial charge in [-0.25, -0.2) is 0 Å². The van der Waals surface area contributed by atoms with Gasteiger partial charge in [-0.3, -0.25) is 4.79 Å². The number of nitrogens with one attached hydrogen (secondary N) is 1. The fourth-order valence-corrected chi connectivity index (χ4v) is 2.49. The molecule has 0 rings (SSSR count). The number of rotatable bonds is 9. The van der Waals surface area contributed by atoms with Crippen LogP contribution in [0.1, 0.15) is 60.8 Å². The largest absolute Gasteiger partial charge is 0.465 e. The molecule has 0 radical (unpaired) electrons. The molecule has 0 fully saturated rings. The average Bonchev–Trinajstić information content (AvgIpc) is 2.24. The molecule has 0 aliphatic heterocycles. The van der Waals surface area contributed by atoms with E-state index in [-0.39, 0.29) is 5.97 Å². The minimum Gasteiger partial charge on any atom is -0.465 e. The third-order valence-electron chi connectivity index (χ3n) is 2.89. The summed E-state index contributed by atoms with van der Waals surface area (Å²) in [7, 11) is 0. The summed E-state index contributed by atoms with van der Waals surface area (Å²) in [5, 5.41) is 3.46. The van der Waals surface area contributed by atoms with Crippen LogP contribution < -0.4 is 5.32 Å². The normalized spacial score (nSPS) is 12.2. The highest BCUT2D eigenvalue weighted by atomic mass is 16.5. The van der Waals surface area contributed by atoms with Gasteiger partial charge >= 0.3 is 5.97 Å². The second-order valence-electron chi connectivity index (χ2n) is 5.93. The van der Waals surface area contributed by atoms with Crippen LogP contribution in [0.4, 0.5) is 0 Å². The first-order valence-corrected chi connectivity index (χ1v) is 7.30. The van der Waals surface area contributed by atoms with Crippen molar-refractivity contribution in [3.05, 3.63) is 0 Å². The van der Waals surface area contributed by atoms with Gasteiger partial charge in [0.05, 0.1) is 6.61 Å². The SMILES string of the molecule is CCCNC(CC(C)C)(CC(C)C)C(=O)OCC. The number of ether oxygens (including phenoxy) is 1. The molecule has 0 unspecified atom stereocenters. The molecule has 3 heteroatoms. The molecule has 0 bridgehead atoms. The third kappa shape index (κ3) is 5.85. The van der Waals surface area contributed by atoms with E-state index < -0.39 is 5.54 Å². The summed E-state index contributed by atoms with van der Waals surface area (Å²) in [6, 6.07) is 0. The molecule has 108 valence electrons. The molecule has 0 spiro atoms. The average molecular weight is 257 g/mol. The molecule has 3 nitrogen and oxygen atoms in total. The van der Waals surface area contributed by atoms with Crippen molar-refractivity contribution in [3.63, 3.8) is 0 Å². The second kappa shape index (κ2) is 8.52. The molecule has 0 amide bonds. The Hall–Kier alpha value is -0.570. The lowest BCUT2D eigenvalue weighted by atomic mass is 9.81. The molecule has 0 atom stereocenters. The fraction of sp³-hybridized carbons (Fsp3) is 0.933. The Balaban J connectivity index is 5.03. The number of hydrogen-bond acceptors (Lipinski definition) is 3. The molecule has 18 heavy (non-hydrogen) atoms. The summed E-state index contributed by atoms with van der Waals surface area (Å²) in [4.78, 5) is 12.4. The molecular formula is C15H31NO2. The van der Waals surface area contributed by atoms with Crippen molar-refractivity contribution < 1.29 is 9.53 Å². The standard InChI is InChI=1S/C15H31NO2/c1-7-9-16-15(10-12(3)4,11-13(5)6)14(17)18-8-2/h12-13,16H,7-11H2,1-6H3. The van der Waals surface area contributed by atoms with Gasteiger partial charge < -0.3 is 10.1 Å². The Morgan fingerprint density at radius 2 is 1.61 bits per heavy atom. The first-order chi connectivity index (χ1) is 8.38. The van der Waals surface area contributed by atoms with Crippen molar-refractivity contribution in [2.75, 3.05) is 13.2 Å². The number of esters is 1. The zero-order valence-electron chi connectivity index (χ0n) is 13.0. The summed E-state index contributed by atoms with van der Waals surface area (Å²) >= 11 is 0. The van der Waals surface area contributed by atoms with Crippen LogP contribution in [0, 0.1) is 11.8 Å². The number of hydrogen-bond donors (Lipinski definition) is 1. The van der Waals surface area contributed by atoms with Crippen LogP contribution >= 0.6 is 0 Å². The van der Waals surface area contributed by atoms with Gasteiger partial charge in [0.15, 0.2) is 0 Å². The highest BCUT2D eigenvalue weighted by molar-refractivity contribution is 5.81. The Bertz CT molecular complexity index is 227. The van der Waals surface area contributed by atoms with Crippen molar-refractivity contribution in [1.82, 2.24) is 5.32 Å². The van der Waals surface area contributed by atoms with Crippen LogP contribution in [-0.2, 0) is 9.53 Å². The predicted octanol–water partition coefficient (Wildman–Crippen LogP) is 3.38. The van der Waals surface area contributed by atoms with Crippen LogP contribution in [0.2, 0.25) is 0 Å². The van der Waals surface area contributed by atoms with E-state index in [0.717, 1.165) is 25.8 Å². The van der Waals surface area contributed by atoms with E-state index in [1.54, 1.807) is 0 Å². The van der Waals surface area contributed by atoms with Gasteiger partial charge in [0.25, 0.3) is 0 Å². The molecule has 0 aromatic heterocycles. The smallest absolute Gasteiger partial charge is 0.326 e. The first-order valence-electron chi connectivity index (χ1n) is 7.30. The summed E-state index contributed by atoms with van der Waals surface area (Å²) in [6.45, 7) is 13.9. The van der Waals surface area contributed by atoms with Crippen molar-refractivity contribution >= 4 is 5.97 Å². The first kappa shape index (κ1) is 17.4. The van der Waals surface area contributed by atoms with Crippen molar-refractivity contribution in [2.45, 2.75) is 66.3 Å². The molecule has 0 aromatic rings. The summed E-state index contributed by atoms with van der Waals surface area (Å²) in [5.41, 5.74) is -0.506. The summed E-state index contributed by atoms with van der Waals surface area (Å²) in [5.74, 6) is 0.857. The van der Waals surface area contributed by atoms with Gasteiger partial charge in [-0.2, -0.15) is 0 Å². The van der Waals surface area contributed by atoms with Gasteiger partial charge in [0.1, 0.15) is 5.54 Å². The van der Waals surface area contributed by atoms with Crippen molar-refractivity contribution in [3.8, 4) is 0 Å². The van der Waals surface area contributed by atoms with Crippen LogP contribution in [-0.4, -0.2) is 24.7 Å². The maximum Gasteiger partial charge on any atom is 0.326 e. The monoisotopic (exact) mass is 257 g/mol. The Labute approximate surface area is 113 Å².